The molecule has 0 spiro atoms. The molecule has 0 aromatic carbocycles. The van der Waals surface area contributed by atoms with Crippen LogP contribution in [0, 0.1) is 35.5 Å². The number of carbonyl (C=O) groups is 5. The Balaban J connectivity index is 1.71. The summed E-state index contributed by atoms with van der Waals surface area (Å²) in [4.78, 5) is 72.5. The maximum atomic E-state index is 14.5. The van der Waals surface area contributed by atoms with Crippen LogP contribution < -0.4 is 0 Å². The highest BCUT2D eigenvalue weighted by Crippen LogP contribution is 2.38. The molecule has 2 bridgehead atoms. The lowest BCUT2D eigenvalue weighted by Crippen LogP contribution is -2.61. The fraction of sp³-hybridized carbons (Fsp3) is 0.768. The molecule has 19 heteroatoms. The number of aliphatic hydroxyl groups excluding tert-OH is 2. The van der Waals surface area contributed by atoms with E-state index in [1.54, 1.807) is 72.1 Å². The van der Waals surface area contributed by atoms with Crippen molar-refractivity contribution in [3.63, 3.8) is 0 Å². The van der Waals surface area contributed by atoms with Gasteiger partial charge < -0.3 is 53.4 Å². The van der Waals surface area contributed by atoms with Crippen LogP contribution in [0.1, 0.15) is 126 Å². The van der Waals surface area contributed by atoms with Gasteiger partial charge in [0, 0.05) is 51.4 Å². The Hall–Kier alpha value is -3.66. The first-order valence-corrected chi connectivity index (χ1v) is 26.9. The van der Waals surface area contributed by atoms with Crippen LogP contribution in [0.25, 0.3) is 0 Å². The molecule has 0 aromatic rings. The number of carbonyl (C=O) groups excluding carboxylic acids is 5. The van der Waals surface area contributed by atoms with Crippen LogP contribution in [0.3, 0.4) is 0 Å². The van der Waals surface area contributed by atoms with E-state index in [-0.39, 0.29) is 94.3 Å². The third-order valence-electron chi connectivity index (χ3n) is 15.4. The van der Waals surface area contributed by atoms with Crippen molar-refractivity contribution in [2.45, 2.75) is 186 Å². The molecule has 1 amide bonds. The molecule has 3 aliphatic heterocycles. The molecule has 15 atom stereocenters. The summed E-state index contributed by atoms with van der Waals surface area (Å²) in [5.41, 5.74) is 0.982. The van der Waals surface area contributed by atoms with Gasteiger partial charge in [0.15, 0.2) is 5.78 Å². The summed E-state index contributed by atoms with van der Waals surface area (Å²) in [6.45, 7) is 10.2. The number of methoxy groups -OCH3 is 2. The van der Waals surface area contributed by atoms with Gasteiger partial charge in [0.1, 0.15) is 36.7 Å². The second-order valence-corrected chi connectivity index (χ2v) is 21.5. The minimum absolute atomic E-state index is 0.00247. The van der Waals surface area contributed by atoms with E-state index in [2.05, 4.69) is 0 Å². The zero-order valence-corrected chi connectivity index (χ0v) is 45.6. The van der Waals surface area contributed by atoms with Gasteiger partial charge in [-0.2, -0.15) is 13.2 Å². The largest absolute Gasteiger partial charge is 0.460 e. The van der Waals surface area contributed by atoms with Crippen molar-refractivity contribution in [1.82, 2.24) is 4.90 Å². The van der Waals surface area contributed by atoms with E-state index in [9.17, 15) is 52.5 Å². The Morgan fingerprint density at radius 1 is 0.853 bits per heavy atom. The lowest BCUT2D eigenvalue weighted by molar-refractivity contribution is -0.266. The maximum absolute atomic E-state index is 14.5. The number of nitrogens with zero attached hydrogens (tertiary/aromatic N) is 1. The normalized spacial score (nSPS) is 36.9. The smallest absolute Gasteiger partial charge is 0.411 e. The van der Waals surface area contributed by atoms with Crippen molar-refractivity contribution in [2.24, 2.45) is 35.5 Å². The number of hydrogen-bond acceptors (Lipinski definition) is 15. The highest BCUT2D eigenvalue weighted by molar-refractivity contribution is 6.39. The van der Waals surface area contributed by atoms with Crippen molar-refractivity contribution in [1.29, 1.82) is 0 Å². The molecule has 1 aliphatic carbocycles. The molecule has 4 aliphatic rings. The Kier molecular flexibility index (Phi) is 26.0. The van der Waals surface area contributed by atoms with Gasteiger partial charge in [0.2, 0.25) is 5.79 Å². The summed E-state index contributed by atoms with van der Waals surface area (Å²) in [5, 5.41) is 33.0. The predicted molar refractivity (Wildman–Crippen MR) is 272 cm³/mol. The van der Waals surface area contributed by atoms with Crippen molar-refractivity contribution < 1.29 is 85.6 Å². The summed E-state index contributed by atoms with van der Waals surface area (Å²) in [6.07, 6.45) is 4.90. The van der Waals surface area contributed by atoms with E-state index < -0.39 is 96.5 Å². The highest BCUT2D eigenvalue weighted by Gasteiger charge is 2.53. The molecule has 3 fully saturated rings. The number of cyclic esters (lactones) is 1. The lowest BCUT2D eigenvalue weighted by atomic mass is 9.78. The molecule has 3 heterocycles. The van der Waals surface area contributed by atoms with Crippen LogP contribution in [-0.4, -0.2) is 164 Å². The molecular weight excluding hydrogens is 984 g/mol. The number of rotatable bonds is 13. The molecule has 0 aromatic heterocycles. The van der Waals surface area contributed by atoms with Gasteiger partial charge in [-0.25, -0.2) is 4.79 Å². The minimum Gasteiger partial charge on any atom is -0.460 e. The molecule has 16 nitrogen and oxygen atoms in total. The zero-order valence-electron chi connectivity index (χ0n) is 45.6. The Morgan fingerprint density at radius 3 is 2.27 bits per heavy atom. The second-order valence-electron chi connectivity index (χ2n) is 21.5. The minimum atomic E-state index is -4.53. The van der Waals surface area contributed by atoms with Gasteiger partial charge in [-0.3, -0.25) is 19.2 Å². The van der Waals surface area contributed by atoms with Gasteiger partial charge >= 0.3 is 12.1 Å². The summed E-state index contributed by atoms with van der Waals surface area (Å²) in [5.74, 6) is -8.98. The number of piperidine rings is 1. The predicted octanol–water partition coefficient (Wildman–Crippen LogP) is 7.15. The van der Waals surface area contributed by atoms with Gasteiger partial charge in [0.25, 0.3) is 11.7 Å². The Bertz CT molecular complexity index is 1990. The number of alkyl halides is 3. The van der Waals surface area contributed by atoms with Crippen molar-refractivity contribution >= 4 is 29.2 Å². The second kappa shape index (κ2) is 30.5. The number of hydrogen-bond donors (Lipinski definition) is 3. The number of aliphatic hydroxyl groups is 3. The monoisotopic (exact) mass is 1070 g/mol. The van der Waals surface area contributed by atoms with Gasteiger partial charge in [-0.15, -0.1) is 0 Å². The maximum Gasteiger partial charge on any atom is 0.411 e. The number of halogens is 3. The van der Waals surface area contributed by atoms with Crippen LogP contribution in [0.4, 0.5) is 13.2 Å². The van der Waals surface area contributed by atoms with Crippen LogP contribution in [0.2, 0.25) is 0 Å². The first-order chi connectivity index (χ1) is 35.4. The fourth-order valence-corrected chi connectivity index (χ4v) is 10.8. The van der Waals surface area contributed by atoms with E-state index in [0.717, 1.165) is 11.3 Å². The van der Waals surface area contributed by atoms with Crippen molar-refractivity contribution in [3.05, 3.63) is 47.6 Å². The number of Topliss-reactive ketones (excluding diaryl/α,β-unsaturated/α-hetero) is 3. The highest BCUT2D eigenvalue weighted by atomic mass is 19.4. The van der Waals surface area contributed by atoms with Crippen LogP contribution >= 0.6 is 0 Å². The molecule has 0 radical (unpaired) electrons. The van der Waals surface area contributed by atoms with E-state index >= 15 is 0 Å². The van der Waals surface area contributed by atoms with Crippen LogP contribution in [0.15, 0.2) is 47.6 Å². The molecule has 3 N–H and O–H groups in total. The molecule has 2 saturated heterocycles. The molecule has 4 rings (SSSR count). The number of esters is 1. The first-order valence-electron chi connectivity index (χ1n) is 26.9. The Labute approximate surface area is 441 Å². The molecule has 1 saturated carbocycles. The number of amides is 1. The zero-order chi connectivity index (χ0) is 55.6. The summed E-state index contributed by atoms with van der Waals surface area (Å²) in [7, 11) is 2.94. The standard InChI is InChI=1S/C56H86F3NO15/c1-34-15-11-10-12-16-35(2)46(73-26-25-71-33-55(57,58)59)31-42-20-18-40(7)56(68,75-42)52(65)53(66)60-22-14-13-17-43(60)54(67)74-47(37(4)29-41-19-21-45(72-24-23-61)48(30-41)69-8)32-44(62)36(3)28-39(6)50(64)51(70-9)49(63)38(5)27-34/h10-12,15-16,28,34,36-38,40-43,45-48,50-51,61,64,68H,13-14,17-27,29-33H2,1-9H3/b12-10+,15-11+,35-16+,39-28+/t34-,36-,37-,38-,40-,41?,42+,43+,45-,46-,47?,48-,50-,51+,56-/m1/s1. The molecule has 75 heavy (non-hydrogen) atoms. The molecule has 2 unspecified atom stereocenters. The summed E-state index contributed by atoms with van der Waals surface area (Å²) >= 11 is 0. The first kappa shape index (κ1) is 63.9. The van der Waals surface area contributed by atoms with Gasteiger partial charge in [-0.05, 0) is 107 Å². The number of allylic oxidation sites excluding steroid dienone is 6. The number of fused-ring (bicyclic) bond motifs is 3. The fourth-order valence-electron chi connectivity index (χ4n) is 10.8. The van der Waals surface area contributed by atoms with Crippen molar-refractivity contribution in [3.8, 4) is 0 Å². The van der Waals surface area contributed by atoms with Gasteiger partial charge in [0.05, 0.1) is 50.8 Å². The quantitative estimate of drug-likeness (QED) is 0.0723. The van der Waals surface area contributed by atoms with E-state index in [4.69, 9.17) is 33.2 Å². The van der Waals surface area contributed by atoms with Crippen LogP contribution in [-0.2, 0) is 57.1 Å². The Morgan fingerprint density at radius 2 is 1.59 bits per heavy atom. The third kappa shape index (κ3) is 19.0. The van der Waals surface area contributed by atoms with Crippen molar-refractivity contribution in [2.75, 3.05) is 53.8 Å². The summed E-state index contributed by atoms with van der Waals surface area (Å²) in [6, 6.07) is -1.23. The number of ether oxygens (including phenoxy) is 7. The third-order valence-corrected chi connectivity index (χ3v) is 15.4. The van der Waals surface area contributed by atoms with Crippen LogP contribution in [0.5, 0.6) is 0 Å². The van der Waals surface area contributed by atoms with E-state index in [0.29, 0.717) is 56.1 Å². The van der Waals surface area contributed by atoms with Gasteiger partial charge in [-0.1, -0.05) is 71.1 Å². The SMILES string of the molecule is CO[C@@H]1CC(C[C@@H](C)C2CC(=O)[C@H](C)/C=C(\C)[C@@H](O)[C@@H](OC)C(=O)[C@H](C)C[C@H](C)/C=C/C=C/C=C(\C)[C@H](OCCOCC(F)(F)F)C[C@@H]3CC[C@@H](C)[C@@](O)(O3)C(=O)C(=O)N3CCCC[C@H]3C(=O)O2)CC[C@H]1OCCO. The van der Waals surface area contributed by atoms with E-state index in [1.807, 2.05) is 19.9 Å². The lowest BCUT2D eigenvalue weighted by Gasteiger charge is -2.43. The average molecular weight is 1070 g/mol. The summed E-state index contributed by atoms with van der Waals surface area (Å²) < 4.78 is 79.0. The average Bonchev–Trinajstić information content (AvgIpc) is 3.37. The van der Waals surface area contributed by atoms with E-state index in [1.165, 1.54) is 7.11 Å². The number of ketones is 3. The topological polar surface area (TPSA) is 214 Å². The molecular formula is C56H86F3NO15. The molecule has 426 valence electrons.